The minimum atomic E-state index is -1.05. The fourth-order valence-corrected chi connectivity index (χ4v) is 5.51. The average Bonchev–Trinajstić information content (AvgIpc) is 3.38. The maximum atomic E-state index is 13.5. The molecule has 1 aliphatic heterocycles. The van der Waals surface area contributed by atoms with Gasteiger partial charge in [0, 0.05) is 54.9 Å². The van der Waals surface area contributed by atoms with E-state index in [1.165, 1.54) is 0 Å². The van der Waals surface area contributed by atoms with Crippen LogP contribution >= 0.6 is 0 Å². The average molecular weight is 599 g/mol. The molecule has 2 aromatic heterocycles. The minimum absolute atomic E-state index is 0.293. The van der Waals surface area contributed by atoms with Crippen molar-refractivity contribution in [3.63, 3.8) is 0 Å². The smallest absolute Gasteiger partial charge is 0.304 e. The molecule has 10 nitrogen and oxygen atoms in total. The Bertz CT molecular complexity index is 1550. The number of hydrogen-bond donors (Lipinski definition) is 3. The number of hydrogen-bond acceptors (Lipinski definition) is 6. The monoisotopic (exact) mass is 598 g/mol. The number of carboxylic acids is 1. The standard InChI is InChI=1S/C34H38N4O6/c39-32(40)21-26(5-3-4-24-8-10-28(11-9-24)44-23-25-12-14-35-15-13-25)33(41)37-30-20-27-22-38(31-7-2-1-6-29(27)31)17-19-43-18-16-36-34(30)42/h1-2,6-15,22,26,30H,3-5,16-21,23H2,(H,36,42)(H,37,41)(H,39,40)/t26-,30?/m1/s1. The summed E-state index contributed by atoms with van der Waals surface area (Å²) in [7, 11) is 0. The van der Waals surface area contributed by atoms with Crippen LogP contribution in [0.4, 0.5) is 0 Å². The summed E-state index contributed by atoms with van der Waals surface area (Å²) in [5.74, 6) is -1.82. The quantitative estimate of drug-likeness (QED) is 0.239. The Labute approximate surface area is 256 Å². The highest BCUT2D eigenvalue weighted by Gasteiger charge is 2.28. The van der Waals surface area contributed by atoms with Crippen molar-refractivity contribution >= 4 is 28.7 Å². The molecular formula is C34H38N4O6. The molecule has 2 bridgehead atoms. The van der Waals surface area contributed by atoms with Crippen LogP contribution in [0.2, 0.25) is 0 Å². The van der Waals surface area contributed by atoms with Crippen LogP contribution in [-0.4, -0.2) is 58.2 Å². The molecule has 1 aliphatic rings. The lowest BCUT2D eigenvalue weighted by Gasteiger charge is -2.22. The number of amides is 2. The Morgan fingerprint density at radius 2 is 1.86 bits per heavy atom. The van der Waals surface area contributed by atoms with Crippen LogP contribution in [0.5, 0.6) is 5.75 Å². The van der Waals surface area contributed by atoms with E-state index in [-0.39, 0.29) is 12.3 Å². The van der Waals surface area contributed by atoms with Gasteiger partial charge in [-0.05, 0) is 66.3 Å². The first-order valence-corrected chi connectivity index (χ1v) is 15.0. The number of ether oxygens (including phenoxy) is 2. The normalized spacial score (nSPS) is 16.3. The molecule has 10 heteroatoms. The minimum Gasteiger partial charge on any atom is -0.489 e. The summed E-state index contributed by atoms with van der Waals surface area (Å²) in [5, 5.41) is 16.3. The van der Waals surface area contributed by atoms with E-state index in [4.69, 9.17) is 9.47 Å². The topological polar surface area (TPSA) is 132 Å². The zero-order valence-corrected chi connectivity index (χ0v) is 24.6. The summed E-state index contributed by atoms with van der Waals surface area (Å²) in [5.41, 5.74) is 4.06. The number of aliphatic carboxylic acids is 1. The zero-order valence-electron chi connectivity index (χ0n) is 24.6. The lowest BCUT2D eigenvalue weighted by atomic mass is 9.94. The molecule has 2 amide bonds. The second kappa shape index (κ2) is 15.2. The van der Waals surface area contributed by atoms with Gasteiger partial charge in [-0.25, -0.2) is 0 Å². The van der Waals surface area contributed by atoms with E-state index in [2.05, 4.69) is 20.2 Å². The Kier molecular flexibility index (Phi) is 10.6. The van der Waals surface area contributed by atoms with Crippen molar-refractivity contribution in [2.45, 2.75) is 51.3 Å². The van der Waals surface area contributed by atoms with Gasteiger partial charge in [0.05, 0.1) is 19.6 Å². The number of nitrogens with zero attached hydrogens (tertiary/aromatic N) is 2. The molecule has 230 valence electrons. The van der Waals surface area contributed by atoms with Gasteiger partial charge in [-0.15, -0.1) is 0 Å². The third kappa shape index (κ3) is 8.44. The van der Waals surface area contributed by atoms with Crippen LogP contribution in [0.25, 0.3) is 10.9 Å². The fourth-order valence-electron chi connectivity index (χ4n) is 5.51. The number of carboxylic acid groups (broad SMARTS) is 1. The van der Waals surface area contributed by atoms with E-state index >= 15 is 0 Å². The number of para-hydroxylation sites is 1. The summed E-state index contributed by atoms with van der Waals surface area (Å²) < 4.78 is 13.6. The van der Waals surface area contributed by atoms with Gasteiger partial charge < -0.3 is 29.8 Å². The highest BCUT2D eigenvalue weighted by molar-refractivity contribution is 5.91. The van der Waals surface area contributed by atoms with Crippen molar-refractivity contribution in [1.29, 1.82) is 0 Å². The van der Waals surface area contributed by atoms with Gasteiger partial charge in [-0.3, -0.25) is 19.4 Å². The second-order valence-corrected chi connectivity index (χ2v) is 11.0. The van der Waals surface area contributed by atoms with Crippen molar-refractivity contribution in [2.24, 2.45) is 5.92 Å². The summed E-state index contributed by atoms with van der Waals surface area (Å²) in [6.45, 7) is 2.33. The van der Waals surface area contributed by atoms with Crippen LogP contribution < -0.4 is 15.4 Å². The van der Waals surface area contributed by atoms with Gasteiger partial charge in [0.15, 0.2) is 0 Å². The Balaban J connectivity index is 1.21. The molecule has 5 rings (SSSR count). The van der Waals surface area contributed by atoms with Gasteiger partial charge in [-0.1, -0.05) is 30.3 Å². The lowest BCUT2D eigenvalue weighted by molar-refractivity contribution is -0.141. The summed E-state index contributed by atoms with van der Waals surface area (Å²) >= 11 is 0. The Morgan fingerprint density at radius 1 is 1.07 bits per heavy atom. The zero-order chi connectivity index (χ0) is 30.7. The molecule has 0 fully saturated rings. The highest BCUT2D eigenvalue weighted by Crippen LogP contribution is 2.24. The number of carbonyl (C=O) groups is 3. The highest BCUT2D eigenvalue weighted by atomic mass is 16.5. The van der Waals surface area contributed by atoms with E-state index in [1.54, 1.807) is 12.4 Å². The maximum Gasteiger partial charge on any atom is 0.304 e. The Morgan fingerprint density at radius 3 is 2.66 bits per heavy atom. The molecule has 4 aromatic rings. The second-order valence-electron chi connectivity index (χ2n) is 11.0. The van der Waals surface area contributed by atoms with Crippen molar-refractivity contribution in [2.75, 3.05) is 19.8 Å². The molecule has 1 unspecified atom stereocenters. The number of nitrogens with one attached hydrogen (secondary N) is 2. The van der Waals surface area contributed by atoms with Gasteiger partial charge in [-0.2, -0.15) is 0 Å². The number of pyridine rings is 1. The lowest BCUT2D eigenvalue weighted by Crippen LogP contribution is -2.50. The largest absolute Gasteiger partial charge is 0.489 e. The molecule has 0 aliphatic carbocycles. The van der Waals surface area contributed by atoms with Gasteiger partial charge >= 0.3 is 5.97 Å². The van der Waals surface area contributed by atoms with Crippen LogP contribution in [0.3, 0.4) is 0 Å². The first-order valence-electron chi connectivity index (χ1n) is 15.0. The summed E-state index contributed by atoms with van der Waals surface area (Å²) in [6.07, 6.45) is 7.11. The molecule has 2 aromatic carbocycles. The van der Waals surface area contributed by atoms with E-state index in [0.717, 1.165) is 33.3 Å². The van der Waals surface area contributed by atoms with Crippen LogP contribution in [0.1, 0.15) is 36.0 Å². The van der Waals surface area contributed by atoms with Gasteiger partial charge in [0.2, 0.25) is 11.8 Å². The van der Waals surface area contributed by atoms with Crippen molar-refractivity contribution in [1.82, 2.24) is 20.2 Å². The Hall–Kier alpha value is -4.70. The number of benzene rings is 2. The first-order chi connectivity index (χ1) is 21.5. The summed E-state index contributed by atoms with van der Waals surface area (Å²) in [4.78, 5) is 42.4. The summed E-state index contributed by atoms with van der Waals surface area (Å²) in [6, 6.07) is 18.7. The molecule has 3 N–H and O–H groups in total. The molecule has 2 atom stereocenters. The molecule has 0 radical (unpaired) electrons. The van der Waals surface area contributed by atoms with E-state index in [1.807, 2.05) is 66.9 Å². The third-order valence-corrected chi connectivity index (χ3v) is 7.84. The fraction of sp³-hybridized carbons (Fsp3) is 0.353. The van der Waals surface area contributed by atoms with Crippen molar-refractivity contribution in [3.8, 4) is 5.75 Å². The van der Waals surface area contributed by atoms with Gasteiger partial charge in [0.25, 0.3) is 0 Å². The van der Waals surface area contributed by atoms with Crippen LogP contribution in [-0.2, 0) is 45.1 Å². The number of aromatic nitrogens is 2. The van der Waals surface area contributed by atoms with E-state index in [9.17, 15) is 19.5 Å². The molecule has 0 spiro atoms. The first kappa shape index (κ1) is 30.7. The number of fused-ring (bicyclic) bond motifs is 5. The number of aryl methyl sites for hydroxylation is 1. The molecule has 44 heavy (non-hydrogen) atoms. The van der Waals surface area contributed by atoms with Crippen LogP contribution in [0, 0.1) is 5.92 Å². The number of rotatable bonds is 11. The van der Waals surface area contributed by atoms with Crippen molar-refractivity contribution < 1.29 is 29.0 Å². The molecular weight excluding hydrogens is 560 g/mol. The van der Waals surface area contributed by atoms with Crippen molar-refractivity contribution in [3.05, 3.63) is 95.9 Å². The van der Waals surface area contributed by atoms with Crippen LogP contribution in [0.15, 0.2) is 79.3 Å². The predicted octanol–water partition coefficient (Wildman–Crippen LogP) is 3.90. The third-order valence-electron chi connectivity index (χ3n) is 7.84. The molecule has 3 heterocycles. The van der Waals surface area contributed by atoms with E-state index < -0.39 is 23.8 Å². The van der Waals surface area contributed by atoms with E-state index in [0.29, 0.717) is 58.6 Å². The molecule has 0 saturated heterocycles. The predicted molar refractivity (Wildman–Crippen MR) is 165 cm³/mol. The molecule has 0 saturated carbocycles. The number of carbonyl (C=O) groups excluding carboxylic acids is 2. The van der Waals surface area contributed by atoms with Gasteiger partial charge in [0.1, 0.15) is 18.4 Å². The SMILES string of the molecule is O=C(O)C[C@@H](CCCc1ccc(OCc2ccncc2)cc1)C(=O)NC1Cc2cn(c3ccccc23)CCOCCNC1=O. The maximum absolute atomic E-state index is 13.5.